The van der Waals surface area contributed by atoms with E-state index in [1.165, 1.54) is 5.56 Å². The Morgan fingerprint density at radius 3 is 2.48 bits per heavy atom. The van der Waals surface area contributed by atoms with E-state index in [9.17, 15) is 0 Å². The molecular formula is C18H18Cl2O. The molecule has 110 valence electrons. The molecule has 0 aromatic heterocycles. The van der Waals surface area contributed by atoms with Crippen LogP contribution >= 0.6 is 23.2 Å². The molecule has 0 amide bonds. The van der Waals surface area contributed by atoms with Crippen molar-refractivity contribution in [3.63, 3.8) is 0 Å². The number of halogens is 2. The molecule has 3 rings (SSSR count). The molecule has 1 nitrogen and oxygen atoms in total. The first-order valence-corrected chi connectivity index (χ1v) is 7.87. The number of aryl methyl sites for hydroxylation is 1. The van der Waals surface area contributed by atoms with Crippen molar-refractivity contribution >= 4 is 23.2 Å². The van der Waals surface area contributed by atoms with Gasteiger partial charge in [0.15, 0.2) is 0 Å². The van der Waals surface area contributed by atoms with E-state index < -0.39 is 0 Å². The summed E-state index contributed by atoms with van der Waals surface area (Å²) in [5, 5.41) is 0.549. The van der Waals surface area contributed by atoms with Crippen LogP contribution in [0.2, 0.25) is 5.02 Å². The summed E-state index contributed by atoms with van der Waals surface area (Å²) in [5.74, 6) is 0.967. The molecule has 0 spiro atoms. The zero-order valence-electron chi connectivity index (χ0n) is 12.4. The minimum Gasteiger partial charge on any atom is -0.492 e. The topological polar surface area (TPSA) is 9.23 Å². The fourth-order valence-corrected chi connectivity index (χ4v) is 3.12. The molecule has 1 aliphatic rings. The highest BCUT2D eigenvalue weighted by atomic mass is 35.5. The summed E-state index contributed by atoms with van der Waals surface area (Å²) in [6.07, 6.45) is 0. The van der Waals surface area contributed by atoms with Crippen LogP contribution in [0.5, 0.6) is 5.75 Å². The molecule has 0 N–H and O–H groups in total. The van der Waals surface area contributed by atoms with Crippen LogP contribution in [0.1, 0.15) is 41.5 Å². The average Bonchev–Trinajstić information content (AvgIpc) is 2.76. The Kier molecular flexibility index (Phi) is 3.67. The zero-order valence-corrected chi connectivity index (χ0v) is 13.9. The van der Waals surface area contributed by atoms with Gasteiger partial charge in [0.2, 0.25) is 0 Å². The van der Waals surface area contributed by atoms with Crippen molar-refractivity contribution in [3.05, 3.63) is 63.7 Å². The van der Waals surface area contributed by atoms with Crippen molar-refractivity contribution in [1.29, 1.82) is 0 Å². The van der Waals surface area contributed by atoms with Gasteiger partial charge in [-0.3, -0.25) is 0 Å². The largest absolute Gasteiger partial charge is 0.492 e. The minimum atomic E-state index is -0.204. The van der Waals surface area contributed by atoms with E-state index in [2.05, 4.69) is 19.9 Å². The van der Waals surface area contributed by atoms with Crippen LogP contribution in [0.4, 0.5) is 0 Å². The molecule has 1 atom stereocenters. The summed E-state index contributed by atoms with van der Waals surface area (Å²) < 4.78 is 5.72. The lowest BCUT2D eigenvalue weighted by atomic mass is 9.85. The van der Waals surface area contributed by atoms with E-state index in [-0.39, 0.29) is 10.8 Å². The fraction of sp³-hybridized carbons (Fsp3) is 0.333. The van der Waals surface area contributed by atoms with Crippen molar-refractivity contribution in [2.45, 2.75) is 31.6 Å². The second-order valence-electron chi connectivity index (χ2n) is 6.30. The molecule has 3 heteroatoms. The average molecular weight is 321 g/mol. The Bertz CT molecular complexity index is 692. The molecule has 0 radical (unpaired) electrons. The van der Waals surface area contributed by atoms with Crippen LogP contribution in [0.25, 0.3) is 0 Å². The van der Waals surface area contributed by atoms with Crippen molar-refractivity contribution in [3.8, 4) is 5.75 Å². The normalized spacial score (nSPS) is 17.2. The molecule has 0 saturated heterocycles. The molecule has 2 aromatic carbocycles. The molecule has 1 heterocycles. The molecular weight excluding hydrogens is 303 g/mol. The minimum absolute atomic E-state index is 0.0346. The van der Waals surface area contributed by atoms with Crippen molar-refractivity contribution in [1.82, 2.24) is 0 Å². The number of hydrogen-bond acceptors (Lipinski definition) is 1. The van der Waals surface area contributed by atoms with Gasteiger partial charge in [-0.25, -0.2) is 0 Å². The smallest absolute Gasteiger partial charge is 0.123 e. The van der Waals surface area contributed by atoms with Crippen molar-refractivity contribution < 1.29 is 4.74 Å². The maximum Gasteiger partial charge on any atom is 0.123 e. The summed E-state index contributed by atoms with van der Waals surface area (Å²) >= 11 is 12.9. The quantitative estimate of drug-likeness (QED) is 0.650. The molecule has 1 aliphatic heterocycles. The van der Waals surface area contributed by atoms with Crippen LogP contribution in [0.15, 0.2) is 36.4 Å². The van der Waals surface area contributed by atoms with Gasteiger partial charge in [0.05, 0.1) is 12.0 Å². The van der Waals surface area contributed by atoms with Crippen LogP contribution in [-0.4, -0.2) is 6.61 Å². The molecule has 2 aromatic rings. The molecule has 0 saturated carbocycles. The van der Waals surface area contributed by atoms with E-state index in [0.717, 1.165) is 34.1 Å². The summed E-state index contributed by atoms with van der Waals surface area (Å²) in [5.41, 5.74) is 4.42. The monoisotopic (exact) mass is 320 g/mol. The number of hydrogen-bond donors (Lipinski definition) is 0. The van der Waals surface area contributed by atoms with Crippen molar-refractivity contribution in [2.24, 2.45) is 0 Å². The summed E-state index contributed by atoms with van der Waals surface area (Å²) in [6.45, 7) is 7.09. The van der Waals surface area contributed by atoms with Gasteiger partial charge in [-0.1, -0.05) is 43.6 Å². The maximum absolute atomic E-state index is 6.65. The summed E-state index contributed by atoms with van der Waals surface area (Å²) in [6, 6.07) is 12.2. The predicted octanol–water partition coefficient (Wildman–Crippen LogP) is 5.65. The van der Waals surface area contributed by atoms with Gasteiger partial charge in [-0.05, 0) is 41.8 Å². The lowest BCUT2D eigenvalue weighted by Gasteiger charge is -2.18. The number of benzene rings is 2. The molecule has 21 heavy (non-hydrogen) atoms. The van der Waals surface area contributed by atoms with Gasteiger partial charge >= 0.3 is 0 Å². The van der Waals surface area contributed by atoms with Gasteiger partial charge in [0.1, 0.15) is 5.75 Å². The van der Waals surface area contributed by atoms with Gasteiger partial charge in [-0.2, -0.15) is 0 Å². The lowest BCUT2D eigenvalue weighted by molar-refractivity contribution is 0.291. The zero-order chi connectivity index (χ0) is 15.2. The SMILES string of the molecule is Cc1ccc(C(Cl)c2ccc3c(c2)C(C)(C)CO3)cc1Cl. The second-order valence-corrected chi connectivity index (χ2v) is 7.14. The van der Waals surface area contributed by atoms with Gasteiger partial charge in [-0.15, -0.1) is 11.6 Å². The van der Waals surface area contributed by atoms with Gasteiger partial charge < -0.3 is 4.74 Å². The Hall–Kier alpha value is -1.18. The number of rotatable bonds is 2. The number of alkyl halides is 1. The second kappa shape index (κ2) is 5.23. The Balaban J connectivity index is 1.99. The highest BCUT2D eigenvalue weighted by Crippen LogP contribution is 2.41. The summed E-state index contributed by atoms with van der Waals surface area (Å²) in [4.78, 5) is 0. The third-order valence-electron chi connectivity index (χ3n) is 4.10. The van der Waals surface area contributed by atoms with Crippen LogP contribution in [0.3, 0.4) is 0 Å². The van der Waals surface area contributed by atoms with Crippen LogP contribution in [0, 0.1) is 6.92 Å². The highest BCUT2D eigenvalue weighted by Gasteiger charge is 2.32. The Morgan fingerprint density at radius 2 is 1.76 bits per heavy atom. The fourth-order valence-electron chi connectivity index (χ4n) is 2.66. The standard InChI is InChI=1S/C18H18Cl2O/c1-11-4-5-13(9-15(11)19)17(20)12-6-7-16-14(8-12)18(2,3)10-21-16/h4-9,17H,10H2,1-3H3. The predicted molar refractivity (Wildman–Crippen MR) is 88.8 cm³/mol. The number of ether oxygens (including phenoxy) is 1. The maximum atomic E-state index is 6.65. The van der Waals surface area contributed by atoms with Crippen molar-refractivity contribution in [2.75, 3.05) is 6.61 Å². The third-order valence-corrected chi connectivity index (χ3v) is 5.01. The van der Waals surface area contributed by atoms with E-state index in [0.29, 0.717) is 0 Å². The summed E-state index contributed by atoms with van der Waals surface area (Å²) in [7, 11) is 0. The third kappa shape index (κ3) is 2.65. The molecule has 0 aliphatic carbocycles. The Labute approximate surface area is 135 Å². The van der Waals surface area contributed by atoms with E-state index >= 15 is 0 Å². The first kappa shape index (κ1) is 14.7. The van der Waals surface area contributed by atoms with Gasteiger partial charge in [0, 0.05) is 16.0 Å². The van der Waals surface area contributed by atoms with E-state index in [1.807, 2.05) is 37.3 Å². The molecule has 0 fully saturated rings. The Morgan fingerprint density at radius 1 is 1.10 bits per heavy atom. The van der Waals surface area contributed by atoms with Crippen LogP contribution < -0.4 is 4.74 Å². The highest BCUT2D eigenvalue weighted by molar-refractivity contribution is 6.31. The van der Waals surface area contributed by atoms with E-state index in [1.54, 1.807) is 0 Å². The lowest BCUT2D eigenvalue weighted by Crippen LogP contribution is -2.18. The van der Waals surface area contributed by atoms with E-state index in [4.69, 9.17) is 27.9 Å². The number of fused-ring (bicyclic) bond motifs is 1. The molecule has 1 unspecified atom stereocenters. The van der Waals surface area contributed by atoms with Crippen LogP contribution in [-0.2, 0) is 5.41 Å². The first-order chi connectivity index (χ1) is 9.88. The van der Waals surface area contributed by atoms with Gasteiger partial charge in [0.25, 0.3) is 0 Å². The first-order valence-electron chi connectivity index (χ1n) is 7.06. The molecule has 0 bridgehead atoms.